The quantitative estimate of drug-likeness (QED) is 0.789. The van der Waals surface area contributed by atoms with E-state index in [4.69, 9.17) is 0 Å². The molecule has 3 nitrogen and oxygen atoms in total. The van der Waals surface area contributed by atoms with E-state index in [2.05, 4.69) is 82.7 Å². The average molecular weight is 289 g/mol. The second kappa shape index (κ2) is 5.60. The van der Waals surface area contributed by atoms with Gasteiger partial charge in [-0.3, -0.25) is 0 Å². The van der Waals surface area contributed by atoms with Gasteiger partial charge in [-0.25, -0.2) is 0 Å². The smallest absolute Gasteiger partial charge is 0.0755 e. The number of para-hydroxylation sites is 2. The highest BCUT2D eigenvalue weighted by Crippen LogP contribution is 2.37. The standard InChI is InChI=1S/C19H19N3/c1-2-7-14(8-3-1)18-19(15-9-6-12-20-13-15)22-17-11-5-4-10-16(17)21-18/h1-12,18-22H,13H2. The zero-order valence-electron chi connectivity index (χ0n) is 12.3. The Labute approximate surface area is 130 Å². The summed E-state index contributed by atoms with van der Waals surface area (Å²) in [6.07, 6.45) is 6.27. The Kier molecular flexibility index (Phi) is 3.31. The number of hydrogen-bond donors (Lipinski definition) is 3. The van der Waals surface area contributed by atoms with Crippen molar-refractivity contribution in [2.45, 2.75) is 12.1 Å². The van der Waals surface area contributed by atoms with E-state index in [0.29, 0.717) is 0 Å². The van der Waals surface area contributed by atoms with Crippen LogP contribution in [0.5, 0.6) is 0 Å². The van der Waals surface area contributed by atoms with Gasteiger partial charge in [0.1, 0.15) is 0 Å². The first kappa shape index (κ1) is 13.0. The van der Waals surface area contributed by atoms with E-state index < -0.39 is 0 Å². The summed E-state index contributed by atoms with van der Waals surface area (Å²) < 4.78 is 0. The lowest BCUT2D eigenvalue weighted by Crippen LogP contribution is -2.40. The molecule has 110 valence electrons. The lowest BCUT2D eigenvalue weighted by molar-refractivity contribution is 0.647. The normalized spacial score (nSPS) is 22.6. The molecule has 0 bridgehead atoms. The molecule has 3 heteroatoms. The molecule has 0 saturated heterocycles. The molecule has 0 aromatic heterocycles. The zero-order valence-corrected chi connectivity index (χ0v) is 12.3. The number of rotatable bonds is 2. The largest absolute Gasteiger partial charge is 0.387 e. The zero-order chi connectivity index (χ0) is 14.8. The van der Waals surface area contributed by atoms with Crippen molar-refractivity contribution in [2.24, 2.45) is 0 Å². The number of allylic oxidation sites excluding steroid dienone is 2. The first-order valence-electron chi connectivity index (χ1n) is 7.68. The topological polar surface area (TPSA) is 36.1 Å². The van der Waals surface area contributed by atoms with Gasteiger partial charge in [-0.2, -0.15) is 0 Å². The Bertz CT molecular complexity index is 718. The number of fused-ring (bicyclic) bond motifs is 1. The monoisotopic (exact) mass is 289 g/mol. The third-order valence-corrected chi connectivity index (χ3v) is 4.27. The summed E-state index contributed by atoms with van der Waals surface area (Å²) in [5, 5.41) is 10.7. The second-order valence-corrected chi connectivity index (χ2v) is 5.68. The summed E-state index contributed by atoms with van der Waals surface area (Å²) in [4.78, 5) is 0. The molecule has 3 N–H and O–H groups in total. The molecule has 0 saturated carbocycles. The van der Waals surface area contributed by atoms with Crippen molar-refractivity contribution in [2.75, 3.05) is 17.2 Å². The van der Waals surface area contributed by atoms with Gasteiger partial charge in [0.2, 0.25) is 0 Å². The van der Waals surface area contributed by atoms with E-state index in [-0.39, 0.29) is 12.1 Å². The molecule has 0 aliphatic carbocycles. The molecule has 4 rings (SSSR count). The van der Waals surface area contributed by atoms with Gasteiger partial charge in [0, 0.05) is 6.54 Å². The number of anilines is 2. The molecule has 22 heavy (non-hydrogen) atoms. The van der Waals surface area contributed by atoms with Crippen LogP contribution in [0.4, 0.5) is 11.4 Å². The third-order valence-electron chi connectivity index (χ3n) is 4.27. The van der Waals surface area contributed by atoms with Gasteiger partial charge in [0.25, 0.3) is 0 Å². The SMILES string of the molecule is C1=CNCC(C2Nc3ccccc3NC2c2ccccc2)=C1. The van der Waals surface area contributed by atoms with Gasteiger partial charge in [-0.05, 0) is 35.5 Å². The fraction of sp³-hybridized carbons (Fsp3) is 0.158. The first-order chi connectivity index (χ1) is 10.9. The summed E-state index contributed by atoms with van der Waals surface area (Å²) >= 11 is 0. The Morgan fingerprint density at radius 2 is 1.45 bits per heavy atom. The van der Waals surface area contributed by atoms with Crippen LogP contribution in [-0.2, 0) is 0 Å². The van der Waals surface area contributed by atoms with E-state index in [1.54, 1.807) is 0 Å². The van der Waals surface area contributed by atoms with Gasteiger partial charge in [-0.1, -0.05) is 48.5 Å². The maximum Gasteiger partial charge on any atom is 0.0755 e. The maximum absolute atomic E-state index is 3.71. The van der Waals surface area contributed by atoms with Gasteiger partial charge >= 0.3 is 0 Å². The summed E-state index contributed by atoms with van der Waals surface area (Å²) in [6.45, 7) is 0.876. The molecule has 0 spiro atoms. The van der Waals surface area contributed by atoms with Crippen molar-refractivity contribution < 1.29 is 0 Å². The second-order valence-electron chi connectivity index (χ2n) is 5.68. The summed E-state index contributed by atoms with van der Waals surface area (Å²) in [5.74, 6) is 0. The predicted molar refractivity (Wildman–Crippen MR) is 91.9 cm³/mol. The van der Waals surface area contributed by atoms with E-state index in [1.807, 2.05) is 6.20 Å². The van der Waals surface area contributed by atoms with Crippen molar-refractivity contribution in [3.05, 3.63) is 84.1 Å². The molecule has 2 atom stereocenters. The Balaban J connectivity index is 1.75. The molecule has 2 unspecified atom stereocenters. The first-order valence-corrected chi connectivity index (χ1v) is 7.68. The van der Waals surface area contributed by atoms with Gasteiger partial charge in [0.15, 0.2) is 0 Å². The van der Waals surface area contributed by atoms with Crippen LogP contribution in [-0.4, -0.2) is 12.6 Å². The van der Waals surface area contributed by atoms with Gasteiger partial charge in [-0.15, -0.1) is 0 Å². The molecule has 2 heterocycles. The highest BCUT2D eigenvalue weighted by atomic mass is 15.1. The van der Waals surface area contributed by atoms with Crippen LogP contribution in [0.1, 0.15) is 11.6 Å². The number of nitrogens with one attached hydrogen (secondary N) is 3. The maximum atomic E-state index is 3.71. The Morgan fingerprint density at radius 3 is 2.14 bits per heavy atom. The summed E-state index contributed by atoms with van der Waals surface area (Å²) in [7, 11) is 0. The molecular formula is C19H19N3. The molecule has 2 aliphatic heterocycles. The number of hydrogen-bond acceptors (Lipinski definition) is 3. The van der Waals surface area contributed by atoms with Crippen LogP contribution in [0, 0.1) is 0 Å². The highest BCUT2D eigenvalue weighted by molar-refractivity contribution is 5.73. The molecule has 2 aromatic carbocycles. The molecule has 0 amide bonds. The van der Waals surface area contributed by atoms with Crippen molar-refractivity contribution in [1.29, 1.82) is 0 Å². The van der Waals surface area contributed by atoms with Crippen LogP contribution in [0.25, 0.3) is 0 Å². The highest BCUT2D eigenvalue weighted by Gasteiger charge is 2.31. The van der Waals surface area contributed by atoms with Crippen LogP contribution in [0.15, 0.2) is 78.5 Å². The van der Waals surface area contributed by atoms with E-state index in [9.17, 15) is 0 Å². The minimum absolute atomic E-state index is 0.218. The van der Waals surface area contributed by atoms with Gasteiger partial charge in [0.05, 0.1) is 23.5 Å². The fourth-order valence-electron chi connectivity index (χ4n) is 3.17. The van der Waals surface area contributed by atoms with Crippen molar-refractivity contribution in [3.63, 3.8) is 0 Å². The van der Waals surface area contributed by atoms with Crippen LogP contribution in [0.2, 0.25) is 0 Å². The van der Waals surface area contributed by atoms with Crippen molar-refractivity contribution >= 4 is 11.4 Å². The fourth-order valence-corrected chi connectivity index (χ4v) is 3.17. The van der Waals surface area contributed by atoms with Crippen LogP contribution in [0.3, 0.4) is 0 Å². The Hall–Kier alpha value is -2.68. The lowest BCUT2D eigenvalue weighted by atomic mass is 9.89. The minimum Gasteiger partial charge on any atom is -0.387 e. The molecular weight excluding hydrogens is 270 g/mol. The molecule has 0 radical (unpaired) electrons. The molecule has 0 fully saturated rings. The summed E-state index contributed by atoms with van der Waals surface area (Å²) in [6, 6.07) is 19.5. The average Bonchev–Trinajstić information content (AvgIpc) is 2.62. The van der Waals surface area contributed by atoms with E-state index >= 15 is 0 Å². The number of benzene rings is 2. The predicted octanol–water partition coefficient (Wildman–Crippen LogP) is 3.68. The molecule has 2 aliphatic rings. The lowest BCUT2D eigenvalue weighted by Gasteiger charge is -2.38. The van der Waals surface area contributed by atoms with Crippen molar-refractivity contribution in [3.8, 4) is 0 Å². The third kappa shape index (κ3) is 2.35. The minimum atomic E-state index is 0.218. The van der Waals surface area contributed by atoms with E-state index in [1.165, 1.54) is 11.1 Å². The summed E-state index contributed by atoms with van der Waals surface area (Å²) in [5.41, 5.74) is 4.98. The van der Waals surface area contributed by atoms with Crippen molar-refractivity contribution in [1.82, 2.24) is 5.32 Å². The van der Waals surface area contributed by atoms with Gasteiger partial charge < -0.3 is 16.0 Å². The molecule has 2 aromatic rings. The number of dihydropyridines is 1. The van der Waals surface area contributed by atoms with Crippen LogP contribution >= 0.6 is 0 Å². The van der Waals surface area contributed by atoms with E-state index in [0.717, 1.165) is 17.9 Å². The Morgan fingerprint density at radius 1 is 0.773 bits per heavy atom. The van der Waals surface area contributed by atoms with Crippen LogP contribution < -0.4 is 16.0 Å².